The second kappa shape index (κ2) is 9.10. The van der Waals surface area contributed by atoms with Crippen LogP contribution >= 0.6 is 23.2 Å². The molecule has 0 unspecified atom stereocenters. The molecular weight excluding hydrogens is 437 g/mol. The van der Waals surface area contributed by atoms with Crippen molar-refractivity contribution in [3.8, 4) is 0 Å². The number of halogens is 2. The summed E-state index contributed by atoms with van der Waals surface area (Å²) in [6.07, 6.45) is -0.122. The fraction of sp³-hybridized carbons (Fsp3) is 0.211. The van der Waals surface area contributed by atoms with Gasteiger partial charge in [-0.25, -0.2) is 0 Å². The molecule has 2 aromatic rings. The van der Waals surface area contributed by atoms with Gasteiger partial charge in [-0.2, -0.15) is 0 Å². The number of carbonyl (C=O) groups excluding carboxylic acids is 3. The molecule has 1 N–H and O–H groups in total. The molecule has 1 saturated heterocycles. The first-order chi connectivity index (χ1) is 14.2. The number of nitrogens with one attached hydrogen (secondary N) is 1. The molecule has 1 aliphatic heterocycles. The van der Waals surface area contributed by atoms with E-state index in [2.05, 4.69) is 5.32 Å². The third-order valence-corrected chi connectivity index (χ3v) is 4.92. The first-order valence-electron chi connectivity index (χ1n) is 8.71. The molecule has 0 aliphatic carbocycles. The zero-order chi connectivity index (χ0) is 21.8. The summed E-state index contributed by atoms with van der Waals surface area (Å²) in [5, 5.41) is 14.0. The van der Waals surface area contributed by atoms with Crippen molar-refractivity contribution in [2.24, 2.45) is 5.92 Å². The number of carbonyl (C=O) groups is 3. The van der Waals surface area contributed by atoms with Crippen LogP contribution < -0.4 is 10.2 Å². The van der Waals surface area contributed by atoms with E-state index in [4.69, 9.17) is 27.9 Å². The molecule has 3 rings (SSSR count). The van der Waals surface area contributed by atoms with Crippen LogP contribution in [0.1, 0.15) is 6.42 Å². The van der Waals surface area contributed by atoms with Crippen LogP contribution in [-0.2, 0) is 19.1 Å². The summed E-state index contributed by atoms with van der Waals surface area (Å²) in [5.41, 5.74) is 0.429. The third-order valence-electron chi connectivity index (χ3n) is 4.36. The minimum atomic E-state index is -0.792. The number of esters is 1. The first-order valence-corrected chi connectivity index (χ1v) is 9.46. The number of nitrogens with zero attached hydrogens (tertiary/aromatic N) is 2. The van der Waals surface area contributed by atoms with E-state index in [1.807, 2.05) is 0 Å². The summed E-state index contributed by atoms with van der Waals surface area (Å²) in [5.74, 6) is -2.50. The SMILES string of the molecule is O=C(COC(=O)[C@H]1CC(=O)N(c2cccc([N+](=O)[O-])c2)C1)Nc1cc(Cl)ccc1Cl. The average molecular weight is 452 g/mol. The molecule has 11 heteroatoms. The van der Waals surface area contributed by atoms with Crippen molar-refractivity contribution in [3.05, 3.63) is 62.6 Å². The molecular formula is C19H15Cl2N3O6. The lowest BCUT2D eigenvalue weighted by atomic mass is 10.1. The third kappa shape index (κ3) is 5.05. The summed E-state index contributed by atoms with van der Waals surface area (Å²) < 4.78 is 5.01. The van der Waals surface area contributed by atoms with Crippen LogP contribution in [0.4, 0.5) is 17.1 Å². The van der Waals surface area contributed by atoms with Crippen LogP contribution in [0, 0.1) is 16.0 Å². The van der Waals surface area contributed by atoms with Crippen LogP contribution in [0.5, 0.6) is 0 Å². The Morgan fingerprint density at radius 2 is 2.00 bits per heavy atom. The van der Waals surface area contributed by atoms with Crippen LogP contribution in [0.25, 0.3) is 0 Å². The molecule has 1 atom stereocenters. The van der Waals surface area contributed by atoms with E-state index >= 15 is 0 Å². The minimum Gasteiger partial charge on any atom is -0.455 e. The van der Waals surface area contributed by atoms with Crippen molar-refractivity contribution in [2.75, 3.05) is 23.4 Å². The van der Waals surface area contributed by atoms with E-state index in [0.29, 0.717) is 10.7 Å². The van der Waals surface area contributed by atoms with Gasteiger partial charge in [-0.05, 0) is 24.3 Å². The fourth-order valence-corrected chi connectivity index (χ4v) is 3.26. The predicted molar refractivity (Wildman–Crippen MR) is 110 cm³/mol. The monoisotopic (exact) mass is 451 g/mol. The molecule has 0 bridgehead atoms. The van der Waals surface area contributed by atoms with Gasteiger partial charge in [-0.3, -0.25) is 24.5 Å². The number of nitro groups is 1. The Labute approximate surface area is 180 Å². The van der Waals surface area contributed by atoms with Gasteiger partial charge in [-0.1, -0.05) is 29.3 Å². The number of hydrogen-bond donors (Lipinski definition) is 1. The van der Waals surface area contributed by atoms with Gasteiger partial charge in [0.15, 0.2) is 6.61 Å². The molecule has 0 saturated carbocycles. The van der Waals surface area contributed by atoms with E-state index < -0.39 is 29.3 Å². The Kier molecular flexibility index (Phi) is 6.53. The molecule has 0 aromatic heterocycles. The Morgan fingerprint density at radius 1 is 1.23 bits per heavy atom. The standard InChI is InChI=1S/C19H15Cl2N3O6/c20-12-4-5-15(21)16(7-12)22-17(25)10-30-19(27)11-6-18(26)23(9-11)13-2-1-3-14(8-13)24(28)29/h1-5,7-8,11H,6,9-10H2,(H,22,25)/t11-/m0/s1. The molecule has 1 heterocycles. The minimum absolute atomic E-state index is 0.000570. The van der Waals surface area contributed by atoms with Gasteiger partial charge < -0.3 is 15.0 Å². The number of benzene rings is 2. The molecule has 30 heavy (non-hydrogen) atoms. The van der Waals surface area contributed by atoms with Crippen LogP contribution in [-0.4, -0.2) is 35.9 Å². The lowest BCUT2D eigenvalue weighted by Crippen LogP contribution is -2.28. The summed E-state index contributed by atoms with van der Waals surface area (Å²) in [6, 6.07) is 10.1. The number of non-ortho nitro benzene ring substituents is 1. The summed E-state index contributed by atoms with van der Waals surface area (Å²) in [4.78, 5) is 48.2. The van der Waals surface area contributed by atoms with Gasteiger partial charge in [0.05, 0.1) is 27.2 Å². The van der Waals surface area contributed by atoms with Crippen molar-refractivity contribution < 1.29 is 24.0 Å². The van der Waals surface area contributed by atoms with Gasteiger partial charge in [0.25, 0.3) is 11.6 Å². The maximum absolute atomic E-state index is 12.3. The van der Waals surface area contributed by atoms with Gasteiger partial charge in [0.2, 0.25) is 5.91 Å². The maximum Gasteiger partial charge on any atom is 0.311 e. The summed E-state index contributed by atoms with van der Waals surface area (Å²) in [7, 11) is 0. The van der Waals surface area contributed by atoms with E-state index in [1.54, 1.807) is 12.1 Å². The highest BCUT2D eigenvalue weighted by atomic mass is 35.5. The lowest BCUT2D eigenvalue weighted by molar-refractivity contribution is -0.384. The smallest absolute Gasteiger partial charge is 0.311 e. The molecule has 1 fully saturated rings. The quantitative estimate of drug-likeness (QED) is 0.408. The van der Waals surface area contributed by atoms with Gasteiger partial charge in [0, 0.05) is 30.1 Å². The summed E-state index contributed by atoms with van der Waals surface area (Å²) >= 11 is 11.8. The van der Waals surface area contributed by atoms with Crippen molar-refractivity contribution in [2.45, 2.75) is 6.42 Å². The van der Waals surface area contributed by atoms with E-state index in [1.165, 1.54) is 35.2 Å². The van der Waals surface area contributed by atoms with Gasteiger partial charge >= 0.3 is 5.97 Å². The highest BCUT2D eigenvalue weighted by Crippen LogP contribution is 2.29. The Bertz CT molecular complexity index is 1030. The van der Waals surface area contributed by atoms with E-state index in [-0.39, 0.29) is 35.3 Å². The maximum atomic E-state index is 12.3. The number of anilines is 2. The fourth-order valence-electron chi connectivity index (χ4n) is 2.92. The Hall–Kier alpha value is -3.17. The number of amides is 2. The Morgan fingerprint density at radius 3 is 2.73 bits per heavy atom. The zero-order valence-electron chi connectivity index (χ0n) is 15.3. The van der Waals surface area contributed by atoms with Crippen LogP contribution in [0.15, 0.2) is 42.5 Å². The van der Waals surface area contributed by atoms with Crippen molar-refractivity contribution in [3.63, 3.8) is 0 Å². The van der Waals surface area contributed by atoms with Crippen LogP contribution in [0.3, 0.4) is 0 Å². The molecule has 1 aliphatic rings. The van der Waals surface area contributed by atoms with Crippen molar-refractivity contribution in [1.82, 2.24) is 0 Å². The average Bonchev–Trinajstić information content (AvgIpc) is 3.11. The predicted octanol–water partition coefficient (Wildman–Crippen LogP) is 3.44. The summed E-state index contributed by atoms with van der Waals surface area (Å²) in [6.45, 7) is -0.566. The number of ether oxygens (including phenoxy) is 1. The molecule has 0 spiro atoms. The second-order valence-electron chi connectivity index (χ2n) is 6.46. The normalized spacial score (nSPS) is 15.7. The van der Waals surface area contributed by atoms with Crippen molar-refractivity contribution in [1.29, 1.82) is 0 Å². The molecule has 2 aromatic carbocycles. The molecule has 9 nitrogen and oxygen atoms in total. The van der Waals surface area contributed by atoms with E-state index in [0.717, 1.165) is 0 Å². The van der Waals surface area contributed by atoms with Gasteiger partial charge in [-0.15, -0.1) is 0 Å². The van der Waals surface area contributed by atoms with Crippen LogP contribution in [0.2, 0.25) is 10.0 Å². The second-order valence-corrected chi connectivity index (χ2v) is 7.31. The molecule has 156 valence electrons. The highest BCUT2D eigenvalue weighted by molar-refractivity contribution is 6.35. The topological polar surface area (TPSA) is 119 Å². The largest absolute Gasteiger partial charge is 0.455 e. The van der Waals surface area contributed by atoms with E-state index in [9.17, 15) is 24.5 Å². The number of hydrogen-bond acceptors (Lipinski definition) is 6. The van der Waals surface area contributed by atoms with Gasteiger partial charge in [0.1, 0.15) is 0 Å². The highest BCUT2D eigenvalue weighted by Gasteiger charge is 2.36. The first kappa shape index (κ1) is 21.5. The zero-order valence-corrected chi connectivity index (χ0v) is 16.9. The van der Waals surface area contributed by atoms with Crippen molar-refractivity contribution >= 4 is 58.0 Å². The Balaban J connectivity index is 1.57. The number of nitro benzene ring substituents is 1. The molecule has 2 amide bonds. The molecule has 0 radical (unpaired) electrons. The lowest BCUT2D eigenvalue weighted by Gasteiger charge is -2.16. The number of rotatable bonds is 6.